The maximum Gasteiger partial charge on any atom is -0.0242 e. The van der Waals surface area contributed by atoms with Crippen molar-refractivity contribution in [1.82, 2.24) is 0 Å². The van der Waals surface area contributed by atoms with Crippen LogP contribution in [-0.4, -0.2) is 0 Å². The second-order valence-corrected chi connectivity index (χ2v) is 2.49. The van der Waals surface area contributed by atoms with E-state index < -0.39 is 0 Å². The quantitative estimate of drug-likeness (QED) is 0.643. The van der Waals surface area contributed by atoms with Crippen molar-refractivity contribution in [2.45, 2.75) is 33.1 Å². The van der Waals surface area contributed by atoms with Gasteiger partial charge in [0.15, 0.2) is 0 Å². The summed E-state index contributed by atoms with van der Waals surface area (Å²) in [6.45, 7) is 4.43. The van der Waals surface area contributed by atoms with Gasteiger partial charge in [0.1, 0.15) is 0 Å². The van der Waals surface area contributed by atoms with Crippen LogP contribution < -0.4 is 0 Å². The molecule has 8 heavy (non-hydrogen) atoms. The molecule has 0 aromatic carbocycles. The lowest BCUT2D eigenvalue weighted by atomic mass is 10.1. The van der Waals surface area contributed by atoms with Crippen LogP contribution in [0.25, 0.3) is 0 Å². The minimum absolute atomic E-state index is 1.22. The summed E-state index contributed by atoms with van der Waals surface area (Å²) >= 11 is 2.31. The fraction of sp³-hybridized carbons (Fsp3) is 0.714. The molecule has 0 rings (SSSR count). The average Bonchev–Trinajstić information content (AvgIpc) is 1.83. The first-order chi connectivity index (χ1) is 3.85. The van der Waals surface area contributed by atoms with Gasteiger partial charge < -0.3 is 0 Å². The standard InChI is InChI=1S/C7H13I/c1-3-5-7(4-2)6-8/h6H,3-5H2,1-2H3/b7-6+. The van der Waals surface area contributed by atoms with E-state index >= 15 is 0 Å². The number of halogens is 1. The van der Waals surface area contributed by atoms with Crippen LogP contribution in [0.15, 0.2) is 9.66 Å². The van der Waals surface area contributed by atoms with Crippen molar-refractivity contribution in [3.05, 3.63) is 9.66 Å². The van der Waals surface area contributed by atoms with Crippen LogP contribution in [0.3, 0.4) is 0 Å². The largest absolute Gasteiger partial charge is 0.0651 e. The Morgan fingerprint density at radius 2 is 2.12 bits per heavy atom. The van der Waals surface area contributed by atoms with E-state index in [1.54, 1.807) is 5.57 Å². The summed E-state index contributed by atoms with van der Waals surface area (Å²) in [7, 11) is 0. The molecule has 0 radical (unpaired) electrons. The minimum Gasteiger partial charge on any atom is -0.0651 e. The highest BCUT2D eigenvalue weighted by molar-refractivity contribution is 14.1. The van der Waals surface area contributed by atoms with Crippen LogP contribution in [0.2, 0.25) is 0 Å². The van der Waals surface area contributed by atoms with Gasteiger partial charge in [-0.15, -0.1) is 0 Å². The van der Waals surface area contributed by atoms with Crippen LogP contribution in [0, 0.1) is 0 Å². The van der Waals surface area contributed by atoms with Gasteiger partial charge >= 0.3 is 0 Å². The van der Waals surface area contributed by atoms with E-state index in [4.69, 9.17) is 0 Å². The summed E-state index contributed by atoms with van der Waals surface area (Å²) in [6, 6.07) is 0. The van der Waals surface area contributed by atoms with Gasteiger partial charge in [-0.2, -0.15) is 0 Å². The molecule has 0 N–H and O–H groups in total. The fourth-order valence-corrected chi connectivity index (χ4v) is 1.38. The Hall–Kier alpha value is 0.470. The van der Waals surface area contributed by atoms with E-state index in [9.17, 15) is 0 Å². The zero-order chi connectivity index (χ0) is 6.41. The van der Waals surface area contributed by atoms with Crippen LogP contribution >= 0.6 is 22.6 Å². The molecule has 0 aliphatic heterocycles. The van der Waals surface area contributed by atoms with Crippen molar-refractivity contribution >= 4 is 22.6 Å². The monoisotopic (exact) mass is 224 g/mol. The molecule has 0 heterocycles. The molecular formula is C7H13I. The molecule has 0 nitrogen and oxygen atoms in total. The lowest BCUT2D eigenvalue weighted by Crippen LogP contribution is -1.75. The number of allylic oxidation sites excluding steroid dienone is 1. The second-order valence-electron chi connectivity index (χ2n) is 1.87. The summed E-state index contributed by atoms with van der Waals surface area (Å²) in [5, 5.41) is 0. The summed E-state index contributed by atoms with van der Waals surface area (Å²) in [4.78, 5) is 0. The Labute approximate surface area is 65.5 Å². The van der Waals surface area contributed by atoms with Crippen molar-refractivity contribution < 1.29 is 0 Å². The third kappa shape index (κ3) is 3.47. The van der Waals surface area contributed by atoms with Gasteiger partial charge in [-0.25, -0.2) is 0 Å². The van der Waals surface area contributed by atoms with E-state index in [0.717, 1.165) is 0 Å². The zero-order valence-electron chi connectivity index (χ0n) is 5.58. The van der Waals surface area contributed by atoms with Gasteiger partial charge in [-0.05, 0) is 16.9 Å². The molecule has 0 aromatic rings. The summed E-state index contributed by atoms with van der Waals surface area (Å²) in [6.07, 6.45) is 3.78. The number of rotatable bonds is 3. The molecule has 0 fully saturated rings. The van der Waals surface area contributed by atoms with Crippen molar-refractivity contribution in [3.63, 3.8) is 0 Å². The maximum absolute atomic E-state index is 2.31. The van der Waals surface area contributed by atoms with Crippen molar-refractivity contribution in [2.75, 3.05) is 0 Å². The van der Waals surface area contributed by atoms with Gasteiger partial charge in [0.2, 0.25) is 0 Å². The smallest absolute Gasteiger partial charge is 0.0242 e. The number of hydrogen-bond donors (Lipinski definition) is 0. The highest BCUT2D eigenvalue weighted by Crippen LogP contribution is 2.10. The second kappa shape index (κ2) is 5.60. The Morgan fingerprint density at radius 1 is 1.50 bits per heavy atom. The van der Waals surface area contributed by atoms with Crippen LogP contribution in [-0.2, 0) is 0 Å². The molecule has 0 amide bonds. The van der Waals surface area contributed by atoms with Gasteiger partial charge in [0, 0.05) is 0 Å². The lowest BCUT2D eigenvalue weighted by Gasteiger charge is -1.96. The van der Waals surface area contributed by atoms with Crippen molar-refractivity contribution in [3.8, 4) is 0 Å². The van der Waals surface area contributed by atoms with E-state index in [1.807, 2.05) is 0 Å². The number of hydrogen-bond acceptors (Lipinski definition) is 0. The third-order valence-electron chi connectivity index (χ3n) is 1.18. The lowest BCUT2D eigenvalue weighted by molar-refractivity contribution is 0.863. The van der Waals surface area contributed by atoms with Gasteiger partial charge in [-0.1, -0.05) is 48.4 Å². The molecule has 0 unspecified atom stereocenters. The minimum atomic E-state index is 1.22. The summed E-state index contributed by atoms with van der Waals surface area (Å²) < 4.78 is 2.20. The molecule has 0 saturated carbocycles. The van der Waals surface area contributed by atoms with E-state index in [2.05, 4.69) is 40.5 Å². The molecule has 0 aromatic heterocycles. The van der Waals surface area contributed by atoms with E-state index in [1.165, 1.54) is 19.3 Å². The average molecular weight is 224 g/mol. The first-order valence-electron chi connectivity index (χ1n) is 3.13. The van der Waals surface area contributed by atoms with Crippen LogP contribution in [0.5, 0.6) is 0 Å². The van der Waals surface area contributed by atoms with Crippen molar-refractivity contribution in [1.29, 1.82) is 0 Å². The predicted molar refractivity (Wildman–Crippen MR) is 47.3 cm³/mol. The fourth-order valence-electron chi connectivity index (χ4n) is 0.630. The van der Waals surface area contributed by atoms with Gasteiger partial charge in [0.05, 0.1) is 0 Å². The normalized spacial score (nSPS) is 12.1. The summed E-state index contributed by atoms with van der Waals surface area (Å²) in [5.41, 5.74) is 1.58. The molecule has 0 saturated heterocycles. The molecule has 1 heteroatoms. The SMILES string of the molecule is CCC/C(=C/I)CC. The maximum atomic E-state index is 2.31. The first kappa shape index (κ1) is 8.47. The molecule has 0 aliphatic carbocycles. The van der Waals surface area contributed by atoms with E-state index in [-0.39, 0.29) is 0 Å². The first-order valence-corrected chi connectivity index (χ1v) is 4.37. The Morgan fingerprint density at radius 3 is 2.25 bits per heavy atom. The highest BCUT2D eigenvalue weighted by atomic mass is 127. The molecule has 0 bridgehead atoms. The van der Waals surface area contributed by atoms with Crippen LogP contribution in [0.1, 0.15) is 33.1 Å². The van der Waals surface area contributed by atoms with Gasteiger partial charge in [0.25, 0.3) is 0 Å². The van der Waals surface area contributed by atoms with E-state index in [0.29, 0.717) is 0 Å². The highest BCUT2D eigenvalue weighted by Gasteiger charge is 1.87. The zero-order valence-corrected chi connectivity index (χ0v) is 7.73. The molecule has 48 valence electrons. The van der Waals surface area contributed by atoms with Gasteiger partial charge in [-0.3, -0.25) is 0 Å². The van der Waals surface area contributed by atoms with Crippen molar-refractivity contribution in [2.24, 2.45) is 0 Å². The third-order valence-corrected chi connectivity index (χ3v) is 2.06. The summed E-state index contributed by atoms with van der Waals surface area (Å²) in [5.74, 6) is 0. The predicted octanol–water partition coefficient (Wildman–Crippen LogP) is 3.52. The molecule has 0 atom stereocenters. The Bertz CT molecular complexity index is 74.5. The Balaban J connectivity index is 3.38. The topological polar surface area (TPSA) is 0 Å². The molecular weight excluding hydrogens is 211 g/mol. The van der Waals surface area contributed by atoms with Crippen LogP contribution in [0.4, 0.5) is 0 Å². The Kier molecular flexibility index (Phi) is 5.93. The molecule has 0 spiro atoms. The molecule has 0 aliphatic rings.